The molecule has 0 unspecified atom stereocenters. The Morgan fingerprint density at radius 1 is 0.926 bits per heavy atom. The van der Waals surface area contributed by atoms with Gasteiger partial charge >= 0.3 is 11.9 Å². The summed E-state index contributed by atoms with van der Waals surface area (Å²) in [5.74, 6) is 1.56. The Kier molecular flexibility index (Phi) is 4.88. The van der Waals surface area contributed by atoms with Gasteiger partial charge in [0.15, 0.2) is 0 Å². The van der Waals surface area contributed by atoms with Crippen LogP contribution in [-0.2, 0) is 19.1 Å². The SMILES string of the molecule is C=C(C)C(=O)OC1(CC(=O)OC2(C)CCCCC2)C2CC3CC(C2)CC1C3. The van der Waals surface area contributed by atoms with E-state index in [1.807, 2.05) is 0 Å². The van der Waals surface area contributed by atoms with Crippen molar-refractivity contribution in [2.75, 3.05) is 0 Å². The molecule has 27 heavy (non-hydrogen) atoms. The molecule has 0 aromatic heterocycles. The summed E-state index contributed by atoms with van der Waals surface area (Å²) in [4.78, 5) is 25.5. The molecule has 0 aliphatic heterocycles. The Hall–Kier alpha value is -1.32. The maximum absolute atomic E-state index is 13.0. The van der Waals surface area contributed by atoms with Crippen molar-refractivity contribution in [2.24, 2.45) is 23.7 Å². The van der Waals surface area contributed by atoms with Gasteiger partial charge in [-0.25, -0.2) is 4.79 Å². The molecule has 4 nitrogen and oxygen atoms in total. The molecule has 5 saturated carbocycles. The molecule has 5 fully saturated rings. The van der Waals surface area contributed by atoms with Gasteiger partial charge in [0.1, 0.15) is 11.2 Å². The highest BCUT2D eigenvalue weighted by Crippen LogP contribution is 2.61. The van der Waals surface area contributed by atoms with Crippen molar-refractivity contribution in [1.29, 1.82) is 0 Å². The van der Waals surface area contributed by atoms with Gasteiger partial charge in [0.25, 0.3) is 0 Å². The van der Waals surface area contributed by atoms with E-state index >= 15 is 0 Å². The molecule has 4 heteroatoms. The number of carbonyl (C=O) groups is 2. The molecule has 0 N–H and O–H groups in total. The molecule has 0 saturated heterocycles. The Bertz CT molecular complexity index is 600. The lowest BCUT2D eigenvalue weighted by Gasteiger charge is -2.60. The first-order chi connectivity index (χ1) is 12.8. The van der Waals surface area contributed by atoms with E-state index in [-0.39, 0.29) is 24.0 Å². The van der Waals surface area contributed by atoms with E-state index in [1.165, 1.54) is 12.8 Å². The molecule has 0 radical (unpaired) electrons. The number of ether oxygens (including phenoxy) is 2. The lowest BCUT2D eigenvalue weighted by atomic mass is 9.49. The second kappa shape index (κ2) is 6.93. The van der Waals surface area contributed by atoms with Crippen LogP contribution in [0.25, 0.3) is 0 Å². The minimum atomic E-state index is -0.675. The summed E-state index contributed by atoms with van der Waals surface area (Å²) in [5, 5.41) is 0. The number of hydrogen-bond acceptors (Lipinski definition) is 4. The van der Waals surface area contributed by atoms with Crippen molar-refractivity contribution in [3.63, 3.8) is 0 Å². The fourth-order valence-electron chi connectivity index (χ4n) is 6.67. The van der Waals surface area contributed by atoms with Crippen LogP contribution < -0.4 is 0 Å². The lowest BCUT2D eigenvalue weighted by molar-refractivity contribution is -0.215. The minimum Gasteiger partial charge on any atom is -0.459 e. The van der Waals surface area contributed by atoms with E-state index in [0.717, 1.165) is 63.2 Å². The molecule has 150 valence electrons. The first kappa shape index (κ1) is 19.0. The van der Waals surface area contributed by atoms with E-state index in [0.29, 0.717) is 17.4 Å². The van der Waals surface area contributed by atoms with Gasteiger partial charge in [0, 0.05) is 17.4 Å². The van der Waals surface area contributed by atoms with Crippen LogP contribution in [-0.4, -0.2) is 23.1 Å². The third-order valence-electron chi connectivity index (χ3n) is 7.84. The Balaban J connectivity index is 1.54. The molecule has 0 amide bonds. The van der Waals surface area contributed by atoms with Crippen molar-refractivity contribution in [3.8, 4) is 0 Å². The maximum atomic E-state index is 13.0. The third-order valence-corrected chi connectivity index (χ3v) is 7.84. The quantitative estimate of drug-likeness (QED) is 0.504. The summed E-state index contributed by atoms with van der Waals surface area (Å²) in [6.45, 7) is 7.51. The lowest BCUT2D eigenvalue weighted by Crippen LogP contribution is -2.60. The number of esters is 2. The van der Waals surface area contributed by atoms with Gasteiger partial charge in [-0.05, 0) is 83.5 Å². The van der Waals surface area contributed by atoms with E-state index in [2.05, 4.69) is 13.5 Å². The molecule has 4 bridgehead atoms. The summed E-state index contributed by atoms with van der Waals surface area (Å²) >= 11 is 0. The summed E-state index contributed by atoms with van der Waals surface area (Å²) in [7, 11) is 0. The van der Waals surface area contributed by atoms with Crippen molar-refractivity contribution < 1.29 is 19.1 Å². The molecule has 5 rings (SSSR count). The van der Waals surface area contributed by atoms with Gasteiger partial charge < -0.3 is 9.47 Å². The zero-order valence-corrected chi connectivity index (χ0v) is 16.9. The van der Waals surface area contributed by atoms with Gasteiger partial charge in [-0.1, -0.05) is 13.0 Å². The van der Waals surface area contributed by atoms with Crippen LogP contribution >= 0.6 is 0 Å². The predicted molar refractivity (Wildman–Crippen MR) is 103 cm³/mol. The van der Waals surface area contributed by atoms with Crippen LogP contribution in [0.1, 0.15) is 84.5 Å². The monoisotopic (exact) mass is 374 g/mol. The summed E-state index contributed by atoms with van der Waals surface area (Å²) in [6.07, 6.45) is 11.2. The predicted octanol–water partition coefficient (Wildman–Crippen LogP) is 4.96. The zero-order valence-electron chi connectivity index (χ0n) is 16.9. The molecule has 0 spiro atoms. The van der Waals surface area contributed by atoms with Gasteiger partial charge in [0.2, 0.25) is 0 Å². The second-order valence-electron chi connectivity index (χ2n) is 10.1. The third kappa shape index (κ3) is 3.56. The van der Waals surface area contributed by atoms with Gasteiger partial charge in [0.05, 0.1) is 6.42 Å². The van der Waals surface area contributed by atoms with Gasteiger partial charge in [-0.3, -0.25) is 4.79 Å². The fourth-order valence-corrected chi connectivity index (χ4v) is 6.67. The Morgan fingerprint density at radius 2 is 1.48 bits per heavy atom. The molecule has 0 heterocycles. The van der Waals surface area contributed by atoms with Crippen molar-refractivity contribution in [3.05, 3.63) is 12.2 Å². The topological polar surface area (TPSA) is 52.6 Å². The second-order valence-corrected chi connectivity index (χ2v) is 10.1. The van der Waals surface area contributed by atoms with Crippen molar-refractivity contribution in [2.45, 2.75) is 95.7 Å². The van der Waals surface area contributed by atoms with Gasteiger partial charge in [-0.15, -0.1) is 0 Å². The van der Waals surface area contributed by atoms with Crippen molar-refractivity contribution in [1.82, 2.24) is 0 Å². The summed E-state index contributed by atoms with van der Waals surface area (Å²) in [6, 6.07) is 0. The molecular formula is C23H34O4. The van der Waals surface area contributed by atoms with Crippen LogP contribution in [0.5, 0.6) is 0 Å². The molecule has 5 aliphatic carbocycles. The summed E-state index contributed by atoms with van der Waals surface area (Å²) < 4.78 is 12.1. The largest absolute Gasteiger partial charge is 0.459 e. The summed E-state index contributed by atoms with van der Waals surface area (Å²) in [5.41, 5.74) is -0.609. The number of carbonyl (C=O) groups excluding carboxylic acids is 2. The van der Waals surface area contributed by atoms with Crippen LogP contribution in [0.4, 0.5) is 0 Å². The number of rotatable bonds is 5. The molecule has 0 atom stereocenters. The van der Waals surface area contributed by atoms with Crippen molar-refractivity contribution >= 4 is 11.9 Å². The first-order valence-electron chi connectivity index (χ1n) is 10.9. The van der Waals surface area contributed by atoms with Crippen LogP contribution in [0.15, 0.2) is 12.2 Å². The molecular weight excluding hydrogens is 340 g/mol. The highest BCUT2D eigenvalue weighted by atomic mass is 16.6. The van der Waals surface area contributed by atoms with E-state index in [1.54, 1.807) is 6.92 Å². The van der Waals surface area contributed by atoms with Gasteiger partial charge in [-0.2, -0.15) is 0 Å². The highest BCUT2D eigenvalue weighted by Gasteiger charge is 2.60. The average molecular weight is 375 g/mol. The average Bonchev–Trinajstić information content (AvgIpc) is 2.58. The number of hydrogen-bond donors (Lipinski definition) is 0. The normalized spacial score (nSPS) is 39.0. The standard InChI is InChI=1S/C23H34O4/c1-15(2)21(25)27-23(14-20(24)26-22(3)7-5-4-6-8-22)18-10-16-9-17(12-18)13-19(23)11-16/h16-19H,1,4-14H2,2-3H3. The first-order valence-corrected chi connectivity index (χ1v) is 10.9. The van der Waals surface area contributed by atoms with Crippen LogP contribution in [0.2, 0.25) is 0 Å². The van der Waals surface area contributed by atoms with Crippen LogP contribution in [0.3, 0.4) is 0 Å². The maximum Gasteiger partial charge on any atom is 0.333 e. The zero-order chi connectivity index (χ0) is 19.2. The Labute approximate surface area is 163 Å². The molecule has 0 aromatic rings. The van der Waals surface area contributed by atoms with E-state index < -0.39 is 5.60 Å². The highest BCUT2D eigenvalue weighted by molar-refractivity contribution is 5.87. The molecule has 5 aliphatic rings. The smallest absolute Gasteiger partial charge is 0.333 e. The van der Waals surface area contributed by atoms with Crippen LogP contribution in [0, 0.1) is 23.7 Å². The van der Waals surface area contributed by atoms with E-state index in [9.17, 15) is 9.59 Å². The Morgan fingerprint density at radius 3 is 2.00 bits per heavy atom. The fraction of sp³-hybridized carbons (Fsp3) is 0.826. The minimum absolute atomic E-state index is 0.179. The van der Waals surface area contributed by atoms with E-state index in [4.69, 9.17) is 9.47 Å². The molecule has 0 aromatic carbocycles.